The topological polar surface area (TPSA) is 49.3 Å². The lowest BCUT2D eigenvalue weighted by atomic mass is 10.0. The lowest BCUT2D eigenvalue weighted by Crippen LogP contribution is -2.48. The minimum absolute atomic E-state index is 0.00709. The standard InChI is InChI=1S/C25H21FN4O/c26-19-5-7-20(8-6-19)29-13-15-30(16-14-29)25(31)22-17-24(18-9-11-27-12-10-18)28-23-4-2-1-3-21(22)23/h1-12,17H,13-16H2. The number of halogens is 1. The molecule has 0 unspecified atom stereocenters. The molecule has 1 aliphatic heterocycles. The molecule has 0 spiro atoms. The number of hydrogen-bond acceptors (Lipinski definition) is 4. The van der Waals surface area contributed by atoms with Gasteiger partial charge in [0.2, 0.25) is 0 Å². The first-order chi connectivity index (χ1) is 15.2. The van der Waals surface area contributed by atoms with E-state index < -0.39 is 0 Å². The van der Waals surface area contributed by atoms with E-state index in [-0.39, 0.29) is 11.7 Å². The fraction of sp³-hybridized carbons (Fsp3) is 0.160. The zero-order chi connectivity index (χ0) is 21.2. The summed E-state index contributed by atoms with van der Waals surface area (Å²) in [4.78, 5) is 26.4. The number of carbonyl (C=O) groups is 1. The van der Waals surface area contributed by atoms with Crippen LogP contribution in [0.3, 0.4) is 0 Å². The van der Waals surface area contributed by atoms with Gasteiger partial charge < -0.3 is 9.80 Å². The summed E-state index contributed by atoms with van der Waals surface area (Å²) in [5, 5.41) is 0.853. The first-order valence-corrected chi connectivity index (χ1v) is 10.3. The second kappa shape index (κ2) is 8.14. The van der Waals surface area contributed by atoms with Crippen LogP contribution in [0.15, 0.2) is 79.1 Å². The molecule has 0 saturated carbocycles. The zero-order valence-corrected chi connectivity index (χ0v) is 16.9. The third-order valence-corrected chi connectivity index (χ3v) is 5.68. The van der Waals surface area contributed by atoms with Crippen molar-refractivity contribution in [3.8, 4) is 11.3 Å². The van der Waals surface area contributed by atoms with E-state index in [1.807, 2.05) is 47.4 Å². The molecule has 0 bridgehead atoms. The van der Waals surface area contributed by atoms with Crippen LogP contribution in [0.2, 0.25) is 0 Å². The molecule has 0 aliphatic carbocycles. The molecule has 1 aliphatic rings. The van der Waals surface area contributed by atoms with Gasteiger partial charge >= 0.3 is 0 Å². The average Bonchev–Trinajstić information content (AvgIpc) is 2.84. The van der Waals surface area contributed by atoms with Crippen LogP contribution in [-0.2, 0) is 0 Å². The highest BCUT2D eigenvalue weighted by atomic mass is 19.1. The van der Waals surface area contributed by atoms with Crippen molar-refractivity contribution in [1.29, 1.82) is 0 Å². The van der Waals surface area contributed by atoms with Crippen molar-refractivity contribution in [1.82, 2.24) is 14.9 Å². The Morgan fingerprint density at radius 1 is 0.871 bits per heavy atom. The minimum atomic E-state index is -0.243. The second-order valence-electron chi connectivity index (χ2n) is 7.56. The number of rotatable bonds is 3. The average molecular weight is 412 g/mol. The molecule has 0 N–H and O–H groups in total. The van der Waals surface area contributed by atoms with Gasteiger partial charge in [-0.1, -0.05) is 18.2 Å². The number of anilines is 1. The normalized spacial score (nSPS) is 14.1. The number of piperazine rings is 1. The third kappa shape index (κ3) is 3.84. The fourth-order valence-electron chi connectivity index (χ4n) is 4.01. The molecule has 6 heteroatoms. The number of amides is 1. The minimum Gasteiger partial charge on any atom is -0.368 e. The molecule has 4 aromatic rings. The Kier molecular flexibility index (Phi) is 5.04. The molecule has 3 heterocycles. The van der Waals surface area contributed by atoms with Crippen LogP contribution in [0.5, 0.6) is 0 Å². The Bertz CT molecular complexity index is 1220. The van der Waals surface area contributed by atoms with Crippen LogP contribution in [0.25, 0.3) is 22.2 Å². The van der Waals surface area contributed by atoms with Crippen molar-refractivity contribution in [2.24, 2.45) is 0 Å². The van der Waals surface area contributed by atoms with E-state index in [0.29, 0.717) is 31.7 Å². The molecule has 2 aromatic carbocycles. The van der Waals surface area contributed by atoms with Crippen LogP contribution >= 0.6 is 0 Å². The summed E-state index contributed by atoms with van der Waals surface area (Å²) >= 11 is 0. The van der Waals surface area contributed by atoms with Crippen LogP contribution in [0.4, 0.5) is 10.1 Å². The first kappa shape index (κ1) is 19.2. The van der Waals surface area contributed by atoms with Crippen LogP contribution < -0.4 is 4.90 Å². The smallest absolute Gasteiger partial charge is 0.254 e. The summed E-state index contributed by atoms with van der Waals surface area (Å²) in [5.41, 5.74) is 4.12. The molecule has 154 valence electrons. The highest BCUT2D eigenvalue weighted by Gasteiger charge is 2.24. The first-order valence-electron chi connectivity index (χ1n) is 10.3. The fourth-order valence-corrected chi connectivity index (χ4v) is 4.01. The summed E-state index contributed by atoms with van der Waals surface area (Å²) in [6, 6.07) is 19.9. The van der Waals surface area contributed by atoms with Crippen molar-refractivity contribution in [3.63, 3.8) is 0 Å². The van der Waals surface area contributed by atoms with E-state index in [0.717, 1.165) is 27.8 Å². The Morgan fingerprint density at radius 3 is 2.32 bits per heavy atom. The molecule has 1 saturated heterocycles. The molecular formula is C25H21FN4O. The van der Waals surface area contributed by atoms with Gasteiger partial charge in [0.15, 0.2) is 0 Å². The van der Waals surface area contributed by atoms with Gasteiger partial charge in [-0.2, -0.15) is 0 Å². The van der Waals surface area contributed by atoms with Gasteiger partial charge in [0.25, 0.3) is 5.91 Å². The zero-order valence-electron chi connectivity index (χ0n) is 16.9. The number of aromatic nitrogens is 2. The molecular weight excluding hydrogens is 391 g/mol. The summed E-state index contributed by atoms with van der Waals surface area (Å²) in [7, 11) is 0. The maximum atomic E-state index is 13.5. The Balaban J connectivity index is 1.43. The van der Waals surface area contributed by atoms with E-state index in [2.05, 4.69) is 9.88 Å². The molecule has 2 aromatic heterocycles. The maximum Gasteiger partial charge on any atom is 0.254 e. The van der Waals surface area contributed by atoms with Gasteiger partial charge in [0, 0.05) is 55.2 Å². The molecule has 0 atom stereocenters. The largest absolute Gasteiger partial charge is 0.368 e. The number of fused-ring (bicyclic) bond motifs is 1. The van der Waals surface area contributed by atoms with E-state index in [9.17, 15) is 9.18 Å². The predicted molar refractivity (Wildman–Crippen MR) is 119 cm³/mol. The summed E-state index contributed by atoms with van der Waals surface area (Å²) in [5.74, 6) is -0.236. The number of benzene rings is 2. The van der Waals surface area contributed by atoms with Crippen molar-refractivity contribution < 1.29 is 9.18 Å². The molecule has 31 heavy (non-hydrogen) atoms. The summed E-state index contributed by atoms with van der Waals surface area (Å²) < 4.78 is 13.2. The van der Waals surface area contributed by atoms with E-state index in [1.54, 1.807) is 24.5 Å². The highest BCUT2D eigenvalue weighted by molar-refractivity contribution is 6.07. The van der Waals surface area contributed by atoms with Gasteiger partial charge in [0.05, 0.1) is 16.8 Å². The number of carbonyl (C=O) groups excluding carboxylic acids is 1. The molecule has 1 fully saturated rings. The molecule has 0 radical (unpaired) electrons. The van der Waals surface area contributed by atoms with Gasteiger partial charge in [0.1, 0.15) is 5.82 Å². The molecule has 5 nitrogen and oxygen atoms in total. The lowest BCUT2D eigenvalue weighted by molar-refractivity contribution is 0.0748. The number of nitrogens with zero attached hydrogens (tertiary/aromatic N) is 4. The van der Waals surface area contributed by atoms with Crippen molar-refractivity contribution in [2.75, 3.05) is 31.1 Å². The van der Waals surface area contributed by atoms with Crippen LogP contribution in [-0.4, -0.2) is 47.0 Å². The molecule has 1 amide bonds. The number of pyridine rings is 2. The van der Waals surface area contributed by atoms with Gasteiger partial charge in [-0.3, -0.25) is 9.78 Å². The SMILES string of the molecule is O=C(c1cc(-c2ccncc2)nc2ccccc12)N1CCN(c2ccc(F)cc2)CC1. The van der Waals surface area contributed by atoms with Crippen molar-refractivity contribution in [3.05, 3.63) is 90.5 Å². The van der Waals surface area contributed by atoms with E-state index in [1.165, 1.54) is 12.1 Å². The quantitative estimate of drug-likeness (QED) is 0.501. The summed E-state index contributed by atoms with van der Waals surface area (Å²) in [6.45, 7) is 2.63. The predicted octanol–water partition coefficient (Wildman–Crippen LogP) is 4.40. The monoisotopic (exact) mass is 412 g/mol. The van der Waals surface area contributed by atoms with Crippen LogP contribution in [0.1, 0.15) is 10.4 Å². The lowest BCUT2D eigenvalue weighted by Gasteiger charge is -2.36. The van der Waals surface area contributed by atoms with E-state index >= 15 is 0 Å². The van der Waals surface area contributed by atoms with E-state index in [4.69, 9.17) is 4.98 Å². The van der Waals surface area contributed by atoms with Gasteiger partial charge in [-0.05, 0) is 48.5 Å². The Morgan fingerprint density at radius 2 is 1.58 bits per heavy atom. The number of para-hydroxylation sites is 1. The number of hydrogen-bond donors (Lipinski definition) is 0. The van der Waals surface area contributed by atoms with Gasteiger partial charge in [-0.25, -0.2) is 9.37 Å². The van der Waals surface area contributed by atoms with Crippen molar-refractivity contribution in [2.45, 2.75) is 0 Å². The Hall–Kier alpha value is -3.80. The Labute approximate surface area is 179 Å². The van der Waals surface area contributed by atoms with Gasteiger partial charge in [-0.15, -0.1) is 0 Å². The van der Waals surface area contributed by atoms with Crippen LogP contribution in [0, 0.1) is 5.82 Å². The van der Waals surface area contributed by atoms with Crippen molar-refractivity contribution >= 4 is 22.5 Å². The molecule has 5 rings (SSSR count). The maximum absolute atomic E-state index is 13.5. The second-order valence-corrected chi connectivity index (χ2v) is 7.56. The third-order valence-electron chi connectivity index (χ3n) is 5.68. The highest BCUT2D eigenvalue weighted by Crippen LogP contribution is 2.26. The summed E-state index contributed by atoms with van der Waals surface area (Å²) in [6.07, 6.45) is 3.45.